The van der Waals surface area contributed by atoms with E-state index >= 15 is 0 Å². The highest BCUT2D eigenvalue weighted by molar-refractivity contribution is 7.89. The minimum atomic E-state index is -3.43. The van der Waals surface area contributed by atoms with Crippen molar-refractivity contribution in [2.75, 3.05) is 18.9 Å². The highest BCUT2D eigenvalue weighted by Gasteiger charge is 2.28. The lowest BCUT2D eigenvalue weighted by Crippen LogP contribution is -2.38. The molecule has 0 amide bonds. The Morgan fingerprint density at radius 3 is 2.39 bits per heavy atom. The minimum absolute atomic E-state index is 0.00455. The van der Waals surface area contributed by atoms with Gasteiger partial charge < -0.3 is 5.32 Å². The van der Waals surface area contributed by atoms with E-state index < -0.39 is 10.0 Å². The fourth-order valence-electron chi connectivity index (χ4n) is 1.95. The van der Waals surface area contributed by atoms with Crippen LogP contribution >= 0.6 is 0 Å². The number of rotatable bonds is 6. The molecule has 1 aromatic carbocycles. The molecule has 1 aromatic rings. The van der Waals surface area contributed by atoms with E-state index in [0.717, 1.165) is 6.42 Å². The molecule has 0 saturated carbocycles. The number of hydrogen-bond acceptors (Lipinski definition) is 3. The van der Waals surface area contributed by atoms with Crippen LogP contribution in [0.2, 0.25) is 0 Å². The van der Waals surface area contributed by atoms with Crippen molar-refractivity contribution in [2.24, 2.45) is 0 Å². The first-order valence-electron chi connectivity index (χ1n) is 6.27. The maximum Gasteiger partial charge on any atom is 0.245 e. The Balaban J connectivity index is 3.27. The number of benzene rings is 1. The zero-order valence-electron chi connectivity index (χ0n) is 11.5. The van der Waals surface area contributed by atoms with Crippen LogP contribution in [-0.4, -0.2) is 32.4 Å². The molecule has 0 aliphatic heterocycles. The molecule has 18 heavy (non-hydrogen) atoms. The molecular formula is C13H22N2O2S. The molecule has 1 rings (SSSR count). The SMILES string of the molecule is CCC(C)N(CC)S(=O)(=O)c1ccccc1NC. The summed E-state index contributed by atoms with van der Waals surface area (Å²) in [6, 6.07) is 7.00. The maximum atomic E-state index is 12.6. The number of sulfonamides is 1. The van der Waals surface area contributed by atoms with Crippen LogP contribution in [0.25, 0.3) is 0 Å². The van der Waals surface area contributed by atoms with Gasteiger partial charge in [-0.15, -0.1) is 0 Å². The van der Waals surface area contributed by atoms with Gasteiger partial charge >= 0.3 is 0 Å². The van der Waals surface area contributed by atoms with E-state index in [4.69, 9.17) is 0 Å². The molecule has 1 unspecified atom stereocenters. The summed E-state index contributed by atoms with van der Waals surface area (Å²) in [6.07, 6.45) is 0.800. The van der Waals surface area contributed by atoms with Crippen molar-refractivity contribution in [3.05, 3.63) is 24.3 Å². The highest BCUT2D eigenvalue weighted by atomic mass is 32.2. The molecule has 0 fully saturated rings. The van der Waals surface area contributed by atoms with E-state index in [1.165, 1.54) is 0 Å². The van der Waals surface area contributed by atoms with Crippen molar-refractivity contribution in [1.82, 2.24) is 4.31 Å². The standard InChI is InChI=1S/C13H22N2O2S/c1-5-11(3)15(6-2)18(16,17)13-10-8-7-9-12(13)14-4/h7-11,14H,5-6H2,1-4H3. The maximum absolute atomic E-state index is 12.6. The van der Waals surface area contributed by atoms with Crippen molar-refractivity contribution in [2.45, 2.75) is 38.1 Å². The molecule has 5 heteroatoms. The molecule has 0 aliphatic rings. The van der Waals surface area contributed by atoms with Crippen molar-refractivity contribution in [3.63, 3.8) is 0 Å². The first kappa shape index (κ1) is 15.0. The van der Waals surface area contributed by atoms with E-state index in [0.29, 0.717) is 17.1 Å². The molecule has 0 aliphatic carbocycles. The number of para-hydroxylation sites is 1. The summed E-state index contributed by atoms with van der Waals surface area (Å²) in [4.78, 5) is 0.342. The van der Waals surface area contributed by atoms with Crippen LogP contribution in [0, 0.1) is 0 Å². The second-order valence-corrected chi connectivity index (χ2v) is 6.07. The average molecular weight is 270 g/mol. The van der Waals surface area contributed by atoms with E-state index in [2.05, 4.69) is 5.32 Å². The third kappa shape index (κ3) is 2.84. The topological polar surface area (TPSA) is 49.4 Å². The molecular weight excluding hydrogens is 248 g/mol. The lowest BCUT2D eigenvalue weighted by atomic mass is 10.3. The summed E-state index contributed by atoms with van der Waals surface area (Å²) in [5.74, 6) is 0. The normalized spacial score (nSPS) is 13.6. The molecule has 0 bridgehead atoms. The molecule has 1 atom stereocenters. The third-order valence-corrected chi connectivity index (χ3v) is 5.28. The zero-order valence-corrected chi connectivity index (χ0v) is 12.3. The average Bonchev–Trinajstić information content (AvgIpc) is 2.38. The molecule has 0 aromatic heterocycles. The molecule has 1 N–H and O–H groups in total. The van der Waals surface area contributed by atoms with Crippen LogP contribution in [0.4, 0.5) is 5.69 Å². The summed E-state index contributed by atoms with van der Waals surface area (Å²) < 4.78 is 26.8. The van der Waals surface area contributed by atoms with Gasteiger partial charge in [-0.25, -0.2) is 8.42 Å². The van der Waals surface area contributed by atoms with E-state index in [1.807, 2.05) is 26.8 Å². The summed E-state index contributed by atoms with van der Waals surface area (Å²) in [7, 11) is -1.70. The quantitative estimate of drug-likeness (QED) is 0.864. The second kappa shape index (κ2) is 6.20. The van der Waals surface area contributed by atoms with Crippen LogP contribution in [0.1, 0.15) is 27.2 Å². The van der Waals surface area contributed by atoms with E-state index in [-0.39, 0.29) is 6.04 Å². The van der Waals surface area contributed by atoms with Gasteiger partial charge in [0.2, 0.25) is 10.0 Å². The van der Waals surface area contributed by atoms with Crippen molar-refractivity contribution in [1.29, 1.82) is 0 Å². The zero-order chi connectivity index (χ0) is 13.8. The van der Waals surface area contributed by atoms with Gasteiger partial charge in [-0.2, -0.15) is 4.31 Å². The first-order valence-corrected chi connectivity index (χ1v) is 7.71. The Morgan fingerprint density at radius 1 is 1.28 bits per heavy atom. The Labute approximate surface area is 110 Å². The van der Waals surface area contributed by atoms with Crippen LogP contribution in [-0.2, 0) is 10.0 Å². The molecule has 0 spiro atoms. The lowest BCUT2D eigenvalue weighted by molar-refractivity contribution is 0.342. The van der Waals surface area contributed by atoms with Crippen LogP contribution < -0.4 is 5.32 Å². The van der Waals surface area contributed by atoms with Gasteiger partial charge in [0.05, 0.1) is 5.69 Å². The van der Waals surface area contributed by atoms with Gasteiger partial charge in [0, 0.05) is 19.6 Å². The first-order chi connectivity index (χ1) is 8.48. The van der Waals surface area contributed by atoms with Gasteiger partial charge in [-0.3, -0.25) is 0 Å². The predicted molar refractivity (Wildman–Crippen MR) is 75.3 cm³/mol. The van der Waals surface area contributed by atoms with Gasteiger partial charge in [0.1, 0.15) is 4.90 Å². The number of anilines is 1. The molecule has 0 radical (unpaired) electrons. The molecule has 0 saturated heterocycles. The molecule has 102 valence electrons. The summed E-state index contributed by atoms with van der Waals surface area (Å²) in [5.41, 5.74) is 0.638. The lowest BCUT2D eigenvalue weighted by Gasteiger charge is -2.27. The predicted octanol–water partition coefficient (Wildman–Crippen LogP) is 2.54. The summed E-state index contributed by atoms with van der Waals surface area (Å²) >= 11 is 0. The third-order valence-electron chi connectivity index (χ3n) is 3.14. The van der Waals surface area contributed by atoms with E-state index in [9.17, 15) is 8.42 Å². The van der Waals surface area contributed by atoms with Gasteiger partial charge in [-0.05, 0) is 25.5 Å². The van der Waals surface area contributed by atoms with Crippen molar-refractivity contribution < 1.29 is 8.42 Å². The highest BCUT2D eigenvalue weighted by Crippen LogP contribution is 2.25. The molecule has 0 heterocycles. The molecule has 4 nitrogen and oxygen atoms in total. The van der Waals surface area contributed by atoms with Crippen molar-refractivity contribution >= 4 is 15.7 Å². The summed E-state index contributed by atoms with van der Waals surface area (Å²) in [6.45, 7) is 6.27. The van der Waals surface area contributed by atoms with Crippen molar-refractivity contribution in [3.8, 4) is 0 Å². The van der Waals surface area contributed by atoms with Gasteiger partial charge in [0.25, 0.3) is 0 Å². The van der Waals surface area contributed by atoms with Crippen LogP contribution in [0.5, 0.6) is 0 Å². The fourth-order valence-corrected chi connectivity index (χ4v) is 3.86. The second-order valence-electron chi connectivity index (χ2n) is 4.21. The Morgan fingerprint density at radius 2 is 1.89 bits per heavy atom. The Bertz CT molecular complexity index is 486. The van der Waals surface area contributed by atoms with Gasteiger partial charge in [-0.1, -0.05) is 26.0 Å². The Kier molecular flexibility index (Phi) is 5.16. The van der Waals surface area contributed by atoms with E-state index in [1.54, 1.807) is 29.6 Å². The largest absolute Gasteiger partial charge is 0.387 e. The number of hydrogen-bond donors (Lipinski definition) is 1. The smallest absolute Gasteiger partial charge is 0.245 e. The van der Waals surface area contributed by atoms with Crippen LogP contribution in [0.3, 0.4) is 0 Å². The monoisotopic (exact) mass is 270 g/mol. The summed E-state index contributed by atoms with van der Waals surface area (Å²) in [5, 5.41) is 2.93. The Hall–Kier alpha value is -1.07. The van der Waals surface area contributed by atoms with Gasteiger partial charge in [0.15, 0.2) is 0 Å². The minimum Gasteiger partial charge on any atom is -0.387 e. The van der Waals surface area contributed by atoms with Crippen LogP contribution in [0.15, 0.2) is 29.2 Å². The number of nitrogens with one attached hydrogen (secondary N) is 1. The fraction of sp³-hybridized carbons (Fsp3) is 0.538. The number of nitrogens with zero attached hydrogens (tertiary/aromatic N) is 1.